The highest BCUT2D eigenvalue weighted by molar-refractivity contribution is 5.97. The van der Waals surface area contributed by atoms with E-state index in [0.29, 0.717) is 17.3 Å². The number of hydrogen-bond acceptors (Lipinski definition) is 6. The number of tetrazole rings is 1. The van der Waals surface area contributed by atoms with Gasteiger partial charge in [0.05, 0.1) is 11.9 Å². The van der Waals surface area contributed by atoms with Crippen molar-refractivity contribution in [1.82, 2.24) is 25.3 Å². The number of fused-ring (bicyclic) bond motifs is 1. The van der Waals surface area contributed by atoms with E-state index in [1.807, 2.05) is 0 Å². The van der Waals surface area contributed by atoms with E-state index in [1.54, 1.807) is 0 Å². The van der Waals surface area contributed by atoms with E-state index in [4.69, 9.17) is 0 Å². The summed E-state index contributed by atoms with van der Waals surface area (Å²) in [6.45, 7) is 2.18. The second-order valence-corrected chi connectivity index (χ2v) is 5.24. The highest BCUT2D eigenvalue weighted by Gasteiger charge is 2.25. The van der Waals surface area contributed by atoms with E-state index in [1.165, 1.54) is 17.2 Å². The van der Waals surface area contributed by atoms with Gasteiger partial charge in [-0.25, -0.2) is 4.79 Å². The zero-order valence-corrected chi connectivity index (χ0v) is 11.2. The predicted molar refractivity (Wildman–Crippen MR) is 70.6 cm³/mol. The first-order valence-electron chi connectivity index (χ1n) is 6.74. The minimum absolute atomic E-state index is 0.102. The molecule has 106 valence electrons. The molecule has 20 heavy (non-hydrogen) atoms. The number of nitrogens with zero attached hydrogens (tertiary/aromatic N) is 5. The van der Waals surface area contributed by atoms with Gasteiger partial charge in [0, 0.05) is 6.04 Å². The Labute approximate surface area is 115 Å². The fraction of sp³-hybridized carbons (Fsp3) is 0.583. The predicted octanol–water partition coefficient (Wildman–Crippen LogP) is 1.21. The summed E-state index contributed by atoms with van der Waals surface area (Å²) in [5.74, 6) is -0.538. The number of carboxylic acids is 1. The third kappa shape index (κ3) is 2.17. The van der Waals surface area contributed by atoms with Crippen molar-refractivity contribution in [3.8, 4) is 0 Å². The van der Waals surface area contributed by atoms with E-state index in [0.717, 1.165) is 19.3 Å². The first kappa shape index (κ1) is 12.8. The first-order chi connectivity index (χ1) is 9.66. The minimum Gasteiger partial charge on any atom is -0.478 e. The highest BCUT2D eigenvalue weighted by atomic mass is 16.4. The maximum atomic E-state index is 11.4. The minimum atomic E-state index is -1.03. The molecule has 3 rings (SSSR count). The third-order valence-electron chi connectivity index (χ3n) is 3.91. The molecule has 1 aliphatic carbocycles. The molecule has 2 unspecified atom stereocenters. The van der Waals surface area contributed by atoms with Crippen LogP contribution < -0.4 is 5.32 Å². The van der Waals surface area contributed by atoms with E-state index >= 15 is 0 Å². The molecule has 2 heterocycles. The molecule has 1 saturated carbocycles. The maximum absolute atomic E-state index is 11.4. The van der Waals surface area contributed by atoms with Crippen molar-refractivity contribution in [3.05, 3.63) is 11.8 Å². The van der Waals surface area contributed by atoms with Crippen LogP contribution in [0.2, 0.25) is 0 Å². The van der Waals surface area contributed by atoms with E-state index in [-0.39, 0.29) is 11.6 Å². The summed E-state index contributed by atoms with van der Waals surface area (Å²) in [6.07, 6.45) is 5.82. The molecule has 0 spiro atoms. The second kappa shape index (κ2) is 5.03. The van der Waals surface area contributed by atoms with Crippen LogP contribution in [0.4, 0.5) is 5.69 Å². The van der Waals surface area contributed by atoms with Crippen LogP contribution >= 0.6 is 0 Å². The van der Waals surface area contributed by atoms with Crippen LogP contribution in [0.25, 0.3) is 5.65 Å². The molecule has 0 radical (unpaired) electrons. The lowest BCUT2D eigenvalue weighted by Gasteiger charge is -2.30. The number of carbonyl (C=O) groups is 1. The molecule has 1 fully saturated rings. The van der Waals surface area contributed by atoms with Gasteiger partial charge < -0.3 is 10.4 Å². The molecule has 8 nitrogen and oxygen atoms in total. The molecule has 2 aromatic rings. The van der Waals surface area contributed by atoms with Crippen LogP contribution in [0.1, 0.15) is 43.0 Å². The third-order valence-corrected chi connectivity index (χ3v) is 3.91. The Kier molecular flexibility index (Phi) is 3.21. The molecule has 1 aliphatic rings. The van der Waals surface area contributed by atoms with Gasteiger partial charge in [-0.1, -0.05) is 19.8 Å². The normalized spacial score (nSPS) is 22.9. The van der Waals surface area contributed by atoms with Crippen molar-refractivity contribution < 1.29 is 9.90 Å². The summed E-state index contributed by atoms with van der Waals surface area (Å²) in [5, 5.41) is 27.6. The summed E-state index contributed by atoms with van der Waals surface area (Å²) in [4.78, 5) is 11.4. The van der Waals surface area contributed by atoms with Gasteiger partial charge in [0.1, 0.15) is 5.56 Å². The van der Waals surface area contributed by atoms with Crippen molar-refractivity contribution >= 4 is 17.3 Å². The number of aromatic carboxylic acids is 1. The second-order valence-electron chi connectivity index (χ2n) is 5.24. The van der Waals surface area contributed by atoms with Crippen molar-refractivity contribution in [2.45, 2.75) is 38.6 Å². The Bertz CT molecular complexity index is 640. The number of aromatic nitrogens is 5. The number of anilines is 1. The lowest BCUT2D eigenvalue weighted by Crippen LogP contribution is -2.31. The van der Waals surface area contributed by atoms with Crippen LogP contribution in [0.3, 0.4) is 0 Å². The van der Waals surface area contributed by atoms with Crippen LogP contribution in [-0.2, 0) is 0 Å². The van der Waals surface area contributed by atoms with E-state index < -0.39 is 5.97 Å². The molecular formula is C12H16N6O2. The van der Waals surface area contributed by atoms with Crippen molar-refractivity contribution in [2.75, 3.05) is 5.32 Å². The van der Waals surface area contributed by atoms with Gasteiger partial charge in [-0.15, -0.1) is 9.73 Å². The molecule has 0 aromatic carbocycles. The standard InChI is InChI=1S/C12H16N6O2/c1-7-4-2-3-5-9(7)14-10-8(12(19)20)6-13-18-11(10)15-16-17-18/h6-7,9,14H,2-5H2,1H3,(H,19,20). The smallest absolute Gasteiger partial charge is 0.339 e. The fourth-order valence-electron chi connectivity index (χ4n) is 2.73. The summed E-state index contributed by atoms with van der Waals surface area (Å²) in [6, 6.07) is 0.241. The molecule has 0 aliphatic heterocycles. The zero-order chi connectivity index (χ0) is 14.1. The van der Waals surface area contributed by atoms with Gasteiger partial charge in [-0.3, -0.25) is 0 Å². The van der Waals surface area contributed by atoms with Gasteiger partial charge in [0.25, 0.3) is 0 Å². The Morgan fingerprint density at radius 3 is 3.00 bits per heavy atom. The lowest BCUT2D eigenvalue weighted by molar-refractivity contribution is 0.0697. The lowest BCUT2D eigenvalue weighted by atomic mass is 9.86. The quantitative estimate of drug-likeness (QED) is 0.867. The number of carboxylic acid groups (broad SMARTS) is 1. The van der Waals surface area contributed by atoms with Crippen LogP contribution in [0.5, 0.6) is 0 Å². The van der Waals surface area contributed by atoms with Crippen molar-refractivity contribution in [1.29, 1.82) is 0 Å². The highest BCUT2D eigenvalue weighted by Crippen LogP contribution is 2.29. The van der Waals surface area contributed by atoms with Gasteiger partial charge in [0.2, 0.25) is 5.65 Å². The Balaban J connectivity index is 2.01. The Hall–Kier alpha value is -2.25. The average Bonchev–Trinajstić information content (AvgIpc) is 2.90. The van der Waals surface area contributed by atoms with Crippen LogP contribution in [0, 0.1) is 5.92 Å². The van der Waals surface area contributed by atoms with Crippen molar-refractivity contribution in [3.63, 3.8) is 0 Å². The summed E-state index contributed by atoms with van der Waals surface area (Å²) in [7, 11) is 0. The molecule has 0 amide bonds. The monoisotopic (exact) mass is 276 g/mol. The largest absolute Gasteiger partial charge is 0.478 e. The van der Waals surface area contributed by atoms with E-state index in [9.17, 15) is 9.90 Å². The van der Waals surface area contributed by atoms with Crippen molar-refractivity contribution in [2.24, 2.45) is 5.92 Å². The fourth-order valence-corrected chi connectivity index (χ4v) is 2.73. The molecule has 8 heteroatoms. The molecule has 2 atom stereocenters. The first-order valence-corrected chi connectivity index (χ1v) is 6.74. The summed E-state index contributed by atoms with van der Waals surface area (Å²) >= 11 is 0. The Morgan fingerprint density at radius 2 is 2.25 bits per heavy atom. The molecule has 0 saturated heterocycles. The van der Waals surface area contributed by atoms with Gasteiger partial charge in [-0.2, -0.15) is 5.10 Å². The van der Waals surface area contributed by atoms with Gasteiger partial charge >= 0.3 is 5.97 Å². The summed E-state index contributed by atoms with van der Waals surface area (Å²) in [5.41, 5.74) is 0.906. The average molecular weight is 276 g/mol. The van der Waals surface area contributed by atoms with Crippen LogP contribution in [-0.4, -0.2) is 42.4 Å². The van der Waals surface area contributed by atoms with Crippen LogP contribution in [0.15, 0.2) is 6.20 Å². The molecule has 2 N–H and O–H groups in total. The molecule has 0 bridgehead atoms. The molecular weight excluding hydrogens is 260 g/mol. The number of hydrogen-bond donors (Lipinski definition) is 2. The van der Waals surface area contributed by atoms with Gasteiger partial charge in [0.15, 0.2) is 0 Å². The maximum Gasteiger partial charge on any atom is 0.339 e. The summed E-state index contributed by atoms with van der Waals surface area (Å²) < 4.78 is 1.24. The SMILES string of the molecule is CC1CCCCC1Nc1c(C(=O)O)cnn2nnnc12. The van der Waals surface area contributed by atoms with Gasteiger partial charge in [-0.05, 0) is 29.2 Å². The number of rotatable bonds is 3. The number of nitrogens with one attached hydrogen (secondary N) is 1. The zero-order valence-electron chi connectivity index (χ0n) is 11.2. The Morgan fingerprint density at radius 1 is 1.45 bits per heavy atom. The van der Waals surface area contributed by atoms with E-state index in [2.05, 4.69) is 32.9 Å². The molecule has 2 aromatic heterocycles. The topological polar surface area (TPSA) is 105 Å².